The first-order chi connectivity index (χ1) is 8.20. The van der Waals surface area contributed by atoms with Gasteiger partial charge in [0, 0.05) is 24.2 Å². The second kappa shape index (κ2) is 4.42. The molecule has 0 aromatic carbocycles. The van der Waals surface area contributed by atoms with Crippen molar-refractivity contribution in [1.82, 2.24) is 15.4 Å². The molecular weight excluding hydrogens is 214 g/mol. The lowest BCUT2D eigenvalue weighted by atomic mass is 9.98. The van der Waals surface area contributed by atoms with Crippen molar-refractivity contribution >= 4 is 0 Å². The summed E-state index contributed by atoms with van der Waals surface area (Å²) in [5.74, 6) is 0.982. The minimum atomic E-state index is 0.694. The fourth-order valence-electron chi connectivity index (χ4n) is 3.25. The number of piperidine rings is 1. The standard InChI is InChI=1S/C13H21N3O/c1-9-5-13(17-15-9)8-16(2)12-6-10-3-4-11(7-12)14-10/h5,10-12,14H,3-4,6-8H2,1-2H3. The lowest BCUT2D eigenvalue weighted by molar-refractivity contribution is 0.152. The third-order valence-electron chi connectivity index (χ3n) is 4.15. The van der Waals surface area contributed by atoms with Crippen LogP contribution in [0.15, 0.2) is 10.6 Å². The van der Waals surface area contributed by atoms with Crippen LogP contribution in [-0.2, 0) is 6.54 Å². The number of aromatic nitrogens is 1. The van der Waals surface area contributed by atoms with Gasteiger partial charge in [0.25, 0.3) is 0 Å². The molecule has 2 bridgehead atoms. The number of hydrogen-bond acceptors (Lipinski definition) is 4. The van der Waals surface area contributed by atoms with Crippen LogP contribution in [0.1, 0.15) is 37.1 Å². The Bertz CT molecular complexity index is 378. The van der Waals surface area contributed by atoms with Gasteiger partial charge in [-0.05, 0) is 39.7 Å². The van der Waals surface area contributed by atoms with Crippen LogP contribution in [0.2, 0.25) is 0 Å². The zero-order valence-electron chi connectivity index (χ0n) is 10.6. The van der Waals surface area contributed by atoms with Crippen molar-refractivity contribution in [2.75, 3.05) is 7.05 Å². The Morgan fingerprint density at radius 3 is 2.71 bits per heavy atom. The predicted molar refractivity (Wildman–Crippen MR) is 65.7 cm³/mol. The van der Waals surface area contributed by atoms with E-state index in [1.165, 1.54) is 25.7 Å². The molecule has 0 spiro atoms. The van der Waals surface area contributed by atoms with E-state index in [0.717, 1.165) is 30.1 Å². The minimum Gasteiger partial charge on any atom is -0.360 e. The van der Waals surface area contributed by atoms with Gasteiger partial charge in [0.2, 0.25) is 0 Å². The summed E-state index contributed by atoms with van der Waals surface area (Å²) in [6.45, 7) is 2.85. The van der Waals surface area contributed by atoms with Crippen molar-refractivity contribution in [3.8, 4) is 0 Å². The first-order valence-corrected chi connectivity index (χ1v) is 6.59. The lowest BCUT2D eigenvalue weighted by Crippen LogP contribution is -2.46. The van der Waals surface area contributed by atoms with Gasteiger partial charge in [-0.25, -0.2) is 0 Å². The van der Waals surface area contributed by atoms with E-state index >= 15 is 0 Å². The molecular formula is C13H21N3O. The summed E-state index contributed by atoms with van der Waals surface area (Å²) in [7, 11) is 2.20. The van der Waals surface area contributed by atoms with Gasteiger partial charge in [-0.15, -0.1) is 0 Å². The number of fused-ring (bicyclic) bond motifs is 2. The van der Waals surface area contributed by atoms with Crippen molar-refractivity contribution in [2.24, 2.45) is 0 Å². The number of hydrogen-bond donors (Lipinski definition) is 1. The largest absolute Gasteiger partial charge is 0.360 e. The quantitative estimate of drug-likeness (QED) is 0.865. The summed E-state index contributed by atoms with van der Waals surface area (Å²) >= 11 is 0. The highest BCUT2D eigenvalue weighted by molar-refractivity contribution is 5.03. The zero-order chi connectivity index (χ0) is 11.8. The fourth-order valence-corrected chi connectivity index (χ4v) is 3.25. The number of nitrogens with one attached hydrogen (secondary N) is 1. The van der Waals surface area contributed by atoms with Crippen molar-refractivity contribution in [3.63, 3.8) is 0 Å². The molecule has 0 amide bonds. The van der Waals surface area contributed by atoms with Crippen LogP contribution in [-0.4, -0.2) is 35.2 Å². The van der Waals surface area contributed by atoms with Gasteiger partial charge in [-0.1, -0.05) is 5.16 Å². The monoisotopic (exact) mass is 235 g/mol. The molecule has 2 aliphatic heterocycles. The van der Waals surface area contributed by atoms with E-state index in [2.05, 4.69) is 22.4 Å². The van der Waals surface area contributed by atoms with Crippen molar-refractivity contribution in [3.05, 3.63) is 17.5 Å². The van der Waals surface area contributed by atoms with Crippen molar-refractivity contribution in [1.29, 1.82) is 0 Å². The van der Waals surface area contributed by atoms with Gasteiger partial charge in [0.15, 0.2) is 5.76 Å². The van der Waals surface area contributed by atoms with Gasteiger partial charge in [0.05, 0.1) is 12.2 Å². The first kappa shape index (κ1) is 11.2. The maximum Gasteiger partial charge on any atom is 0.150 e. The predicted octanol–water partition coefficient (Wildman–Crippen LogP) is 1.70. The van der Waals surface area contributed by atoms with Crippen LogP contribution in [0.5, 0.6) is 0 Å². The van der Waals surface area contributed by atoms with E-state index in [-0.39, 0.29) is 0 Å². The van der Waals surface area contributed by atoms with Crippen molar-refractivity contribution < 1.29 is 4.52 Å². The maximum atomic E-state index is 5.29. The van der Waals surface area contributed by atoms with Gasteiger partial charge < -0.3 is 9.84 Å². The molecule has 94 valence electrons. The third-order valence-corrected chi connectivity index (χ3v) is 4.15. The Hall–Kier alpha value is -0.870. The molecule has 3 rings (SSSR count). The second-order valence-corrected chi connectivity index (χ2v) is 5.61. The molecule has 2 fully saturated rings. The van der Waals surface area contributed by atoms with Gasteiger partial charge >= 0.3 is 0 Å². The molecule has 0 aliphatic carbocycles. The summed E-state index contributed by atoms with van der Waals surface area (Å²) in [4.78, 5) is 2.42. The normalized spacial score (nSPS) is 32.3. The van der Waals surface area contributed by atoms with E-state index in [1.54, 1.807) is 0 Å². The number of nitrogens with zero attached hydrogens (tertiary/aromatic N) is 2. The smallest absolute Gasteiger partial charge is 0.150 e. The summed E-state index contributed by atoms with van der Waals surface area (Å²) in [6, 6.07) is 4.22. The highest BCUT2D eigenvalue weighted by Crippen LogP contribution is 2.29. The SMILES string of the molecule is Cc1cc(CN(C)C2CC3CCC(C2)N3)on1. The molecule has 2 unspecified atom stereocenters. The molecule has 0 saturated carbocycles. The Morgan fingerprint density at radius 1 is 1.41 bits per heavy atom. The molecule has 1 aromatic rings. The average molecular weight is 235 g/mol. The summed E-state index contributed by atoms with van der Waals surface area (Å²) in [5.41, 5.74) is 0.971. The first-order valence-electron chi connectivity index (χ1n) is 6.59. The lowest BCUT2D eigenvalue weighted by Gasteiger charge is -2.35. The second-order valence-electron chi connectivity index (χ2n) is 5.61. The molecule has 0 radical (unpaired) electrons. The van der Waals surface area contributed by atoms with E-state index in [9.17, 15) is 0 Å². The summed E-state index contributed by atoms with van der Waals surface area (Å²) in [6.07, 6.45) is 5.27. The Kier molecular flexibility index (Phi) is 2.92. The maximum absolute atomic E-state index is 5.29. The molecule has 2 saturated heterocycles. The Labute approximate surface area is 102 Å². The van der Waals surface area contributed by atoms with Crippen LogP contribution in [0.4, 0.5) is 0 Å². The summed E-state index contributed by atoms with van der Waals surface area (Å²) in [5, 5.41) is 7.62. The van der Waals surface area contributed by atoms with Crippen LogP contribution in [0.3, 0.4) is 0 Å². The average Bonchev–Trinajstić information content (AvgIpc) is 2.85. The molecule has 4 heteroatoms. The van der Waals surface area contributed by atoms with Crippen LogP contribution in [0, 0.1) is 6.92 Å². The van der Waals surface area contributed by atoms with E-state index in [1.807, 2.05) is 13.0 Å². The highest BCUT2D eigenvalue weighted by atomic mass is 16.5. The van der Waals surface area contributed by atoms with Crippen LogP contribution >= 0.6 is 0 Å². The van der Waals surface area contributed by atoms with Gasteiger partial charge in [0.1, 0.15) is 0 Å². The Balaban J connectivity index is 1.60. The molecule has 1 N–H and O–H groups in total. The van der Waals surface area contributed by atoms with Gasteiger partial charge in [-0.2, -0.15) is 0 Å². The molecule has 17 heavy (non-hydrogen) atoms. The van der Waals surface area contributed by atoms with Crippen LogP contribution in [0.25, 0.3) is 0 Å². The molecule has 4 nitrogen and oxygen atoms in total. The number of aryl methyl sites for hydroxylation is 1. The molecule has 3 heterocycles. The van der Waals surface area contributed by atoms with E-state index < -0.39 is 0 Å². The van der Waals surface area contributed by atoms with Gasteiger partial charge in [-0.3, -0.25) is 4.90 Å². The third kappa shape index (κ3) is 2.38. The molecule has 2 aliphatic rings. The van der Waals surface area contributed by atoms with E-state index in [4.69, 9.17) is 4.52 Å². The Morgan fingerprint density at radius 2 is 2.12 bits per heavy atom. The van der Waals surface area contributed by atoms with Crippen LogP contribution < -0.4 is 5.32 Å². The van der Waals surface area contributed by atoms with Crippen molar-refractivity contribution in [2.45, 2.75) is 57.3 Å². The molecule has 1 aromatic heterocycles. The van der Waals surface area contributed by atoms with E-state index in [0.29, 0.717) is 6.04 Å². The topological polar surface area (TPSA) is 41.3 Å². The highest BCUT2D eigenvalue weighted by Gasteiger charge is 2.35. The summed E-state index contributed by atoms with van der Waals surface area (Å²) < 4.78 is 5.29. The minimum absolute atomic E-state index is 0.694. The zero-order valence-corrected chi connectivity index (χ0v) is 10.6. The number of rotatable bonds is 3. The fraction of sp³-hybridized carbons (Fsp3) is 0.769. The molecule has 2 atom stereocenters.